The molecule has 0 spiro atoms. The normalized spacial score (nSPS) is 14.2. The van der Waals surface area contributed by atoms with Crippen LogP contribution in [0.5, 0.6) is 11.5 Å². The van der Waals surface area contributed by atoms with Crippen molar-refractivity contribution in [2.45, 2.75) is 43.3 Å². The molecular formula is C24H27FN4O3S. The van der Waals surface area contributed by atoms with Gasteiger partial charge in [-0.25, -0.2) is 4.39 Å². The minimum absolute atomic E-state index is 0.127. The highest BCUT2D eigenvalue weighted by atomic mass is 32.2. The molecule has 1 N–H and O–H groups in total. The van der Waals surface area contributed by atoms with Crippen molar-refractivity contribution in [1.29, 1.82) is 0 Å². The molecule has 1 amide bonds. The molecule has 1 aliphatic carbocycles. The summed E-state index contributed by atoms with van der Waals surface area (Å²) in [4.78, 5) is 12.7. The lowest BCUT2D eigenvalue weighted by Crippen LogP contribution is -2.18. The minimum atomic E-state index is -0.332. The van der Waals surface area contributed by atoms with E-state index in [4.69, 9.17) is 9.47 Å². The Morgan fingerprint density at radius 3 is 2.64 bits per heavy atom. The van der Waals surface area contributed by atoms with Gasteiger partial charge in [-0.3, -0.25) is 9.36 Å². The van der Waals surface area contributed by atoms with Crippen molar-refractivity contribution in [1.82, 2.24) is 14.8 Å². The zero-order chi connectivity index (χ0) is 23.2. The molecule has 0 atom stereocenters. The molecule has 0 bridgehead atoms. The van der Waals surface area contributed by atoms with Gasteiger partial charge in [-0.15, -0.1) is 10.2 Å². The van der Waals surface area contributed by atoms with Crippen LogP contribution in [0, 0.1) is 5.82 Å². The second kappa shape index (κ2) is 10.7. The summed E-state index contributed by atoms with van der Waals surface area (Å²) in [5.74, 6) is 1.25. The summed E-state index contributed by atoms with van der Waals surface area (Å²) in [6.45, 7) is 0. The first-order chi connectivity index (χ1) is 16.1. The largest absolute Gasteiger partial charge is 0.497 e. The number of anilines is 1. The summed E-state index contributed by atoms with van der Waals surface area (Å²) in [5.41, 5.74) is 0.955. The maximum absolute atomic E-state index is 14.5. The fourth-order valence-electron chi connectivity index (χ4n) is 4.10. The maximum Gasteiger partial charge on any atom is 0.234 e. The summed E-state index contributed by atoms with van der Waals surface area (Å²) in [6, 6.07) is 12.0. The fraction of sp³-hybridized carbons (Fsp3) is 0.375. The highest BCUT2D eigenvalue weighted by Gasteiger charge is 2.25. The number of halogens is 1. The van der Waals surface area contributed by atoms with Crippen LogP contribution in [0.25, 0.3) is 11.4 Å². The van der Waals surface area contributed by atoms with E-state index in [0.717, 1.165) is 25.7 Å². The van der Waals surface area contributed by atoms with Crippen molar-refractivity contribution in [2.75, 3.05) is 25.3 Å². The molecule has 33 heavy (non-hydrogen) atoms. The highest BCUT2D eigenvalue weighted by molar-refractivity contribution is 7.99. The van der Waals surface area contributed by atoms with Crippen molar-refractivity contribution in [2.24, 2.45) is 0 Å². The molecule has 174 valence electrons. The summed E-state index contributed by atoms with van der Waals surface area (Å²) < 4.78 is 27.1. The molecular weight excluding hydrogens is 443 g/mol. The molecule has 1 aliphatic rings. The number of carbonyl (C=O) groups excluding carboxylic acids is 1. The Kier molecular flexibility index (Phi) is 7.49. The van der Waals surface area contributed by atoms with E-state index in [2.05, 4.69) is 15.5 Å². The molecule has 0 unspecified atom stereocenters. The van der Waals surface area contributed by atoms with Crippen LogP contribution in [-0.2, 0) is 4.79 Å². The van der Waals surface area contributed by atoms with Crippen molar-refractivity contribution < 1.29 is 18.7 Å². The summed E-state index contributed by atoms with van der Waals surface area (Å²) >= 11 is 1.30. The first-order valence-electron chi connectivity index (χ1n) is 10.9. The Morgan fingerprint density at radius 1 is 1.12 bits per heavy atom. The predicted molar refractivity (Wildman–Crippen MR) is 126 cm³/mol. The van der Waals surface area contributed by atoms with E-state index in [9.17, 15) is 9.18 Å². The third-order valence-electron chi connectivity index (χ3n) is 5.73. The maximum atomic E-state index is 14.5. The van der Waals surface area contributed by atoms with E-state index in [0.29, 0.717) is 33.7 Å². The number of ether oxygens (including phenoxy) is 2. The lowest BCUT2D eigenvalue weighted by molar-refractivity contribution is -0.113. The average Bonchev–Trinajstić information content (AvgIpc) is 3.27. The van der Waals surface area contributed by atoms with Gasteiger partial charge in [-0.05, 0) is 37.1 Å². The fourth-order valence-corrected chi connectivity index (χ4v) is 4.90. The molecule has 0 aliphatic heterocycles. The first kappa shape index (κ1) is 23.1. The number of aromatic nitrogens is 3. The van der Waals surface area contributed by atoms with Gasteiger partial charge in [-0.2, -0.15) is 0 Å². The predicted octanol–water partition coefficient (Wildman–Crippen LogP) is 5.34. The first-order valence-corrected chi connectivity index (χ1v) is 11.9. The second-order valence-electron chi connectivity index (χ2n) is 7.85. The molecule has 4 rings (SSSR count). The Hall–Kier alpha value is -3.07. The van der Waals surface area contributed by atoms with Crippen LogP contribution in [0.1, 0.15) is 38.1 Å². The average molecular weight is 471 g/mol. The van der Waals surface area contributed by atoms with E-state index in [1.165, 1.54) is 24.2 Å². The standard InChI is InChI=1S/C24H27FN4O3S/c1-31-17-12-13-21(32-2)20(14-17)26-22(30)15-33-24-28-27-23(18-10-6-7-11-19(18)25)29(24)16-8-4-3-5-9-16/h6-7,10-14,16H,3-5,8-9,15H2,1-2H3,(H,26,30). The smallest absolute Gasteiger partial charge is 0.234 e. The number of nitrogens with zero attached hydrogens (tertiary/aromatic N) is 3. The van der Waals surface area contributed by atoms with E-state index in [-0.39, 0.29) is 23.5 Å². The molecule has 9 heteroatoms. The van der Waals surface area contributed by atoms with Gasteiger partial charge in [0, 0.05) is 12.1 Å². The SMILES string of the molecule is COc1ccc(OC)c(NC(=O)CSc2nnc(-c3ccccc3F)n2C2CCCCC2)c1. The molecule has 0 radical (unpaired) electrons. The lowest BCUT2D eigenvalue weighted by atomic mass is 9.95. The van der Waals surface area contributed by atoms with Crippen molar-refractivity contribution in [3.8, 4) is 22.9 Å². The molecule has 1 saturated carbocycles. The number of hydrogen-bond acceptors (Lipinski definition) is 6. The van der Waals surface area contributed by atoms with E-state index < -0.39 is 0 Å². The Morgan fingerprint density at radius 2 is 1.91 bits per heavy atom. The van der Waals surface area contributed by atoms with E-state index in [1.54, 1.807) is 50.6 Å². The number of carbonyl (C=O) groups is 1. The van der Waals surface area contributed by atoms with Crippen molar-refractivity contribution >= 4 is 23.4 Å². The Balaban J connectivity index is 1.55. The van der Waals surface area contributed by atoms with Gasteiger partial charge in [0.05, 0.1) is 31.2 Å². The van der Waals surface area contributed by atoms with Gasteiger partial charge in [-0.1, -0.05) is 43.2 Å². The highest BCUT2D eigenvalue weighted by Crippen LogP contribution is 2.36. The number of nitrogens with one attached hydrogen (secondary N) is 1. The zero-order valence-corrected chi connectivity index (χ0v) is 19.5. The second-order valence-corrected chi connectivity index (χ2v) is 8.79. The topological polar surface area (TPSA) is 78.3 Å². The number of methoxy groups -OCH3 is 2. The monoisotopic (exact) mass is 470 g/mol. The lowest BCUT2D eigenvalue weighted by Gasteiger charge is -2.25. The van der Waals surface area contributed by atoms with E-state index >= 15 is 0 Å². The van der Waals surface area contributed by atoms with Crippen LogP contribution < -0.4 is 14.8 Å². The molecule has 1 heterocycles. The minimum Gasteiger partial charge on any atom is -0.497 e. The van der Waals surface area contributed by atoms with Crippen molar-refractivity contribution in [3.63, 3.8) is 0 Å². The van der Waals surface area contributed by atoms with Crippen LogP contribution in [-0.4, -0.2) is 40.6 Å². The van der Waals surface area contributed by atoms with Gasteiger partial charge >= 0.3 is 0 Å². The molecule has 0 saturated heterocycles. The summed E-state index contributed by atoms with van der Waals surface area (Å²) in [5, 5.41) is 12.1. The van der Waals surface area contributed by atoms with Crippen LogP contribution >= 0.6 is 11.8 Å². The Labute approximate surface area is 196 Å². The molecule has 7 nitrogen and oxygen atoms in total. The molecule has 2 aromatic carbocycles. The number of amides is 1. The van der Waals surface area contributed by atoms with Crippen LogP contribution in [0.4, 0.5) is 10.1 Å². The van der Waals surface area contributed by atoms with Crippen LogP contribution in [0.3, 0.4) is 0 Å². The number of hydrogen-bond donors (Lipinski definition) is 1. The number of benzene rings is 2. The molecule has 1 aromatic heterocycles. The van der Waals surface area contributed by atoms with Gasteiger partial charge in [0.2, 0.25) is 5.91 Å². The number of rotatable bonds is 8. The van der Waals surface area contributed by atoms with Crippen LogP contribution in [0.2, 0.25) is 0 Å². The van der Waals surface area contributed by atoms with E-state index in [1.807, 2.05) is 4.57 Å². The summed E-state index contributed by atoms with van der Waals surface area (Å²) in [7, 11) is 3.11. The number of thioether (sulfide) groups is 1. The van der Waals surface area contributed by atoms with Gasteiger partial charge in [0.15, 0.2) is 11.0 Å². The zero-order valence-electron chi connectivity index (χ0n) is 18.7. The van der Waals surface area contributed by atoms with Gasteiger partial charge < -0.3 is 14.8 Å². The molecule has 3 aromatic rings. The van der Waals surface area contributed by atoms with Crippen molar-refractivity contribution in [3.05, 3.63) is 48.3 Å². The summed E-state index contributed by atoms with van der Waals surface area (Å²) in [6.07, 6.45) is 5.39. The van der Waals surface area contributed by atoms with Crippen LogP contribution in [0.15, 0.2) is 47.6 Å². The quantitative estimate of drug-likeness (QED) is 0.448. The van der Waals surface area contributed by atoms with Gasteiger partial charge in [0.25, 0.3) is 0 Å². The third kappa shape index (κ3) is 5.30. The third-order valence-corrected chi connectivity index (χ3v) is 6.68. The van der Waals surface area contributed by atoms with Gasteiger partial charge in [0.1, 0.15) is 17.3 Å². The molecule has 1 fully saturated rings. The Bertz CT molecular complexity index is 1110.